The molecule has 5 aliphatic heterocycles. The Morgan fingerprint density at radius 2 is 1.80 bits per heavy atom. The van der Waals surface area contributed by atoms with E-state index < -0.39 is 24.2 Å². The van der Waals surface area contributed by atoms with Crippen molar-refractivity contribution < 1.29 is 44.2 Å². The molecule has 0 saturated heterocycles. The lowest BCUT2D eigenvalue weighted by Crippen LogP contribution is -2.27. The Kier molecular flexibility index (Phi) is 18.0. The number of guanidine groups is 1. The first-order valence-electron chi connectivity index (χ1n) is 27.9. The normalized spacial score (nSPS) is 23.0. The zero-order valence-corrected chi connectivity index (χ0v) is 47.3. The molecule has 12 rings (SSSR count). The third kappa shape index (κ3) is 12.5. The number of hydrogen-bond acceptors (Lipinski definition) is 12. The van der Waals surface area contributed by atoms with Crippen molar-refractivity contribution in [2.24, 2.45) is 28.5 Å². The molecule has 0 radical (unpaired) electrons. The Bertz CT molecular complexity index is 3270. The lowest BCUT2D eigenvalue weighted by Gasteiger charge is -2.34. The number of methoxy groups -OCH3 is 1. The molecule has 14 heteroatoms. The fourth-order valence-electron chi connectivity index (χ4n) is 12.6. The van der Waals surface area contributed by atoms with E-state index in [0.29, 0.717) is 90.1 Å². The summed E-state index contributed by atoms with van der Waals surface area (Å²) in [4.78, 5) is 18.4. The number of rotatable bonds is 13. The van der Waals surface area contributed by atoms with Crippen molar-refractivity contribution in [1.82, 2.24) is 0 Å². The first-order chi connectivity index (χ1) is 38.4. The monoisotopic (exact) mass is 1100 g/mol. The number of allylic oxidation sites excluding steroid dienone is 4. The van der Waals surface area contributed by atoms with Crippen LogP contribution in [0.15, 0.2) is 107 Å². The number of nitrogens with zero attached hydrogens (tertiary/aromatic N) is 1. The predicted octanol–water partition coefficient (Wildman–Crippen LogP) is 12.6. The van der Waals surface area contributed by atoms with Gasteiger partial charge in [0.2, 0.25) is 0 Å². The van der Waals surface area contributed by atoms with Crippen LogP contribution in [-0.2, 0) is 45.9 Å². The van der Waals surface area contributed by atoms with E-state index in [4.69, 9.17) is 24.7 Å². The number of phenols is 1. The number of fused-ring (bicyclic) bond motifs is 5. The van der Waals surface area contributed by atoms with Gasteiger partial charge in [0.25, 0.3) is 0 Å². The number of aliphatic hydroxyl groups excluding tert-OH is 2. The number of ketones is 1. The van der Waals surface area contributed by atoms with E-state index in [1.165, 1.54) is 5.56 Å². The highest BCUT2D eigenvalue weighted by Gasteiger charge is 2.39. The highest BCUT2D eigenvalue weighted by molar-refractivity contribution is 8.76. The lowest BCUT2D eigenvalue weighted by molar-refractivity contribution is -0.121. The van der Waals surface area contributed by atoms with Gasteiger partial charge in [0, 0.05) is 72.2 Å². The molecule has 12 bridgehead atoms. The smallest absolute Gasteiger partial charge is 0.192 e. The number of anilines is 1. The number of phenolic OH excluding ortho intramolecular Hbond substituents is 1. The van der Waals surface area contributed by atoms with Gasteiger partial charge in [-0.25, -0.2) is 0 Å². The number of hydrogen-bond donors (Lipinski definition) is 6. The standard InChI is InChI=1S/C65H73N3O9S2/c1-5-75-24-22-40-11-8-14-43(26-40)52-31-45-36-78-79-37-55-61(64(72)73)54-35-77-59-28-41(18-21-58(59)74-4)17-19-47(69)33-48(76-25-23-50(52)62-57(71)34-51-38(2)16-20-49(54)60(51)63(55)62)29-44-32-56(70)53(45)30-42(44)13-7-6-10-39-12-9-15-46(27-39)68-65(66)67-3/h8-9,11-12,14-16,18,20-21,26-28,30,32,34,38,42,44-45,48,50,52,64,70-73H,5-7,10,13,17,19,22,24,29,31,33,35-37H2,1-4H3,(H3,66,67,68). The summed E-state index contributed by atoms with van der Waals surface area (Å²) in [5.74, 6) is 4.76. The third-order valence-corrected chi connectivity index (χ3v) is 19.0. The zero-order valence-electron chi connectivity index (χ0n) is 45.6. The van der Waals surface area contributed by atoms with Gasteiger partial charge in [0.1, 0.15) is 36.1 Å². The van der Waals surface area contributed by atoms with Crippen LogP contribution >= 0.6 is 21.6 Å². The van der Waals surface area contributed by atoms with Crippen molar-refractivity contribution in [3.63, 3.8) is 0 Å². The topological polar surface area (TPSA) is 185 Å². The molecule has 5 aromatic carbocycles. The minimum atomic E-state index is -1.91. The van der Waals surface area contributed by atoms with Gasteiger partial charge in [0.15, 0.2) is 23.7 Å². The van der Waals surface area contributed by atoms with E-state index in [1.54, 1.807) is 35.7 Å². The van der Waals surface area contributed by atoms with Crippen LogP contribution < -0.4 is 20.5 Å². The number of carbonyl (C=O) groups excluding carboxylic acids is 1. The largest absolute Gasteiger partial charge is 0.508 e. The van der Waals surface area contributed by atoms with E-state index in [0.717, 1.165) is 75.5 Å². The first-order valence-corrected chi connectivity index (χ1v) is 30.4. The predicted molar refractivity (Wildman–Crippen MR) is 318 cm³/mol. The molecule has 0 amide bonds. The van der Waals surface area contributed by atoms with E-state index >= 15 is 0 Å². The Balaban J connectivity index is 1.17. The number of aromatic hydroxyl groups is 1. The van der Waals surface area contributed by atoms with E-state index in [1.807, 2.05) is 49.4 Å². The molecule has 7 aliphatic rings. The van der Waals surface area contributed by atoms with Crippen LogP contribution in [0.3, 0.4) is 0 Å². The van der Waals surface area contributed by atoms with Crippen LogP contribution in [0.5, 0.6) is 17.2 Å². The van der Waals surface area contributed by atoms with Crippen LogP contribution in [0.2, 0.25) is 0 Å². The summed E-state index contributed by atoms with van der Waals surface area (Å²) in [6.07, 6.45) is 15.2. The van der Waals surface area contributed by atoms with Crippen LogP contribution in [0, 0.1) is 29.8 Å². The molecular formula is C65H73N3O9S2. The zero-order chi connectivity index (χ0) is 55.2. The molecule has 2 aliphatic carbocycles. The summed E-state index contributed by atoms with van der Waals surface area (Å²) in [6.45, 7) is 5.24. The number of carbonyl (C=O) groups is 1. The minimum Gasteiger partial charge on any atom is -0.508 e. The molecular weight excluding hydrogens is 1030 g/mol. The second-order valence-electron chi connectivity index (χ2n) is 21.6. The average molecular weight is 1100 g/mol. The van der Waals surface area contributed by atoms with Gasteiger partial charge >= 0.3 is 0 Å². The molecule has 7 unspecified atom stereocenters. The van der Waals surface area contributed by atoms with Gasteiger partial charge in [-0.05, 0) is 161 Å². The number of unbranched alkanes of at least 4 members (excludes halogenated alkanes) is 1. The lowest BCUT2D eigenvalue weighted by atomic mass is 9.70. The van der Waals surface area contributed by atoms with Crippen molar-refractivity contribution in [2.75, 3.05) is 38.4 Å². The van der Waals surface area contributed by atoms with E-state index in [-0.39, 0.29) is 60.4 Å². The number of ether oxygens (including phenoxy) is 4. The summed E-state index contributed by atoms with van der Waals surface area (Å²) in [6, 6.07) is 24.4. The number of Topliss-reactive ketones (excluding diaryl/α,β-unsaturated/α-hetero) is 1. The maximum Gasteiger partial charge on any atom is 0.192 e. The Labute approximate surface area is 472 Å². The SMILES string of the molecule is CCOCCc1cccc(C2CC3CSSCc4c(C(O)O)c5c6c7c(cc(O)c(c47)C2C#COC(CC(=O)CCc2ccc(OC)c(c2)OC5)CC2C=C(O)C3=CC2CCCCc2cccc(NC(N)=NC)c2)C(C)C=C6)c1. The average Bonchev–Trinajstić information content (AvgIpc) is 3.70. The number of aliphatic hydroxyl groups is 3. The van der Waals surface area contributed by atoms with Crippen molar-refractivity contribution in [1.29, 1.82) is 0 Å². The Hall–Kier alpha value is -6.34. The highest BCUT2D eigenvalue weighted by Crippen LogP contribution is 2.54. The molecule has 0 fully saturated rings. The quantitative estimate of drug-likeness (QED) is 0.0164. The number of nitrogens with two attached hydrogens (primary N) is 1. The van der Waals surface area contributed by atoms with E-state index in [9.17, 15) is 25.2 Å². The van der Waals surface area contributed by atoms with Gasteiger partial charge in [-0.1, -0.05) is 102 Å². The van der Waals surface area contributed by atoms with Gasteiger partial charge in [-0.2, -0.15) is 0 Å². The van der Waals surface area contributed by atoms with Crippen molar-refractivity contribution >= 4 is 55.9 Å². The van der Waals surface area contributed by atoms with Crippen LogP contribution in [0.4, 0.5) is 5.69 Å². The summed E-state index contributed by atoms with van der Waals surface area (Å²) in [5, 5.41) is 53.9. The molecule has 0 aromatic heterocycles. The van der Waals surface area contributed by atoms with Gasteiger partial charge in [-0.15, -0.1) is 0 Å². The fraction of sp³-hybridized carbons (Fsp3) is 0.415. The Morgan fingerprint density at radius 1 is 0.962 bits per heavy atom. The number of aryl methyl sites for hydroxylation is 2. The van der Waals surface area contributed by atoms with Crippen molar-refractivity contribution in [3.05, 3.63) is 158 Å². The second kappa shape index (κ2) is 25.4. The summed E-state index contributed by atoms with van der Waals surface area (Å²) >= 11 is 0. The van der Waals surface area contributed by atoms with Crippen molar-refractivity contribution in [3.8, 4) is 29.3 Å². The summed E-state index contributed by atoms with van der Waals surface area (Å²) in [7, 11) is 6.58. The molecule has 7 atom stereocenters. The molecule has 5 heterocycles. The number of aliphatic imine (C=N–C) groups is 1. The molecule has 79 heavy (non-hydrogen) atoms. The third-order valence-electron chi connectivity index (χ3n) is 16.6. The van der Waals surface area contributed by atoms with Crippen LogP contribution in [0.1, 0.15) is 138 Å². The summed E-state index contributed by atoms with van der Waals surface area (Å²) in [5.41, 5.74) is 15.8. The second-order valence-corrected chi connectivity index (χ2v) is 24.1. The molecule has 0 saturated carbocycles. The highest BCUT2D eigenvalue weighted by atomic mass is 33.1. The van der Waals surface area contributed by atoms with Crippen LogP contribution in [-0.4, -0.2) is 71.4 Å². The molecule has 5 aromatic rings. The van der Waals surface area contributed by atoms with Gasteiger partial charge < -0.3 is 50.4 Å². The van der Waals surface area contributed by atoms with Crippen LogP contribution in [0.25, 0.3) is 16.8 Å². The van der Waals surface area contributed by atoms with Gasteiger partial charge in [-0.3, -0.25) is 9.79 Å². The molecule has 12 nitrogen and oxygen atoms in total. The van der Waals surface area contributed by atoms with Gasteiger partial charge in [0.05, 0.1) is 19.6 Å². The Morgan fingerprint density at radius 3 is 2.61 bits per heavy atom. The molecule has 414 valence electrons. The van der Waals surface area contributed by atoms with Crippen molar-refractivity contribution in [2.45, 2.75) is 121 Å². The first kappa shape index (κ1) is 56.0. The minimum absolute atomic E-state index is 0.0190. The molecule has 0 spiro atoms. The fourth-order valence-corrected chi connectivity index (χ4v) is 15.1. The summed E-state index contributed by atoms with van der Waals surface area (Å²) < 4.78 is 25.2. The number of benzene rings is 5. The van der Waals surface area contributed by atoms with E-state index in [2.05, 4.69) is 83.9 Å². The maximum atomic E-state index is 14.4. The molecule has 7 N–H and O–H groups in total. The maximum absolute atomic E-state index is 14.4. The number of nitrogens with one attached hydrogen (secondary N) is 1.